The molecule has 1 aromatic rings. The van der Waals surface area contributed by atoms with Crippen LogP contribution in [0.3, 0.4) is 0 Å². The molecule has 0 aliphatic rings. The first-order valence-electron chi connectivity index (χ1n) is 5.72. The Morgan fingerprint density at radius 1 is 1.29 bits per heavy atom. The van der Waals surface area contributed by atoms with Crippen molar-refractivity contribution in [2.45, 2.75) is 46.5 Å². The smallest absolute Gasteiger partial charge is 0.0181 e. The summed E-state index contributed by atoms with van der Waals surface area (Å²) in [5.41, 5.74) is 3.02. The molecule has 1 radical (unpaired) electrons. The molecular formula is C14H21. The van der Waals surface area contributed by atoms with Crippen LogP contribution in [0.25, 0.3) is 0 Å². The second-order valence-electron chi connectivity index (χ2n) is 4.40. The third-order valence-electron chi connectivity index (χ3n) is 2.48. The van der Waals surface area contributed by atoms with Gasteiger partial charge in [-0.05, 0) is 42.4 Å². The van der Waals surface area contributed by atoms with E-state index in [-0.39, 0.29) is 0 Å². The largest absolute Gasteiger partial charge is 0.0654 e. The molecule has 0 N–H and O–H groups in total. The van der Waals surface area contributed by atoms with E-state index >= 15 is 0 Å². The summed E-state index contributed by atoms with van der Waals surface area (Å²) in [4.78, 5) is 0. The lowest BCUT2D eigenvalue weighted by atomic mass is 9.95. The third-order valence-corrected chi connectivity index (χ3v) is 2.48. The molecule has 0 atom stereocenters. The lowest BCUT2D eigenvalue weighted by Gasteiger charge is -2.10. The third kappa shape index (κ3) is 3.53. The molecule has 0 spiro atoms. The minimum absolute atomic E-state index is 0.742. The topological polar surface area (TPSA) is 0 Å². The van der Waals surface area contributed by atoms with Crippen LogP contribution in [0.1, 0.15) is 44.7 Å². The van der Waals surface area contributed by atoms with E-state index in [2.05, 4.69) is 39.0 Å². The van der Waals surface area contributed by atoms with E-state index in [1.165, 1.54) is 36.8 Å². The highest BCUT2D eigenvalue weighted by Gasteiger charge is 2.03. The summed E-state index contributed by atoms with van der Waals surface area (Å²) in [7, 11) is 0. The molecule has 1 rings (SSSR count). The van der Waals surface area contributed by atoms with Crippen molar-refractivity contribution >= 4 is 0 Å². The highest BCUT2D eigenvalue weighted by atomic mass is 14.1. The normalized spacial score (nSPS) is 10.9. The van der Waals surface area contributed by atoms with Crippen molar-refractivity contribution in [1.82, 2.24) is 0 Å². The van der Waals surface area contributed by atoms with Gasteiger partial charge in [-0.1, -0.05) is 45.4 Å². The summed E-state index contributed by atoms with van der Waals surface area (Å²) in [5.74, 6) is 0.742. The first-order valence-corrected chi connectivity index (χ1v) is 5.72. The van der Waals surface area contributed by atoms with Crippen molar-refractivity contribution in [2.75, 3.05) is 0 Å². The zero-order valence-corrected chi connectivity index (χ0v) is 9.64. The summed E-state index contributed by atoms with van der Waals surface area (Å²) in [6, 6.07) is 9.61. The summed E-state index contributed by atoms with van der Waals surface area (Å²) < 4.78 is 0. The fourth-order valence-corrected chi connectivity index (χ4v) is 1.74. The van der Waals surface area contributed by atoms with E-state index in [0.717, 1.165) is 5.92 Å². The second-order valence-corrected chi connectivity index (χ2v) is 4.40. The van der Waals surface area contributed by atoms with Gasteiger partial charge in [0, 0.05) is 0 Å². The molecule has 0 nitrogen and oxygen atoms in total. The van der Waals surface area contributed by atoms with Crippen LogP contribution in [0.15, 0.2) is 18.2 Å². The van der Waals surface area contributed by atoms with Gasteiger partial charge in [-0.2, -0.15) is 0 Å². The van der Waals surface area contributed by atoms with Crippen molar-refractivity contribution in [1.29, 1.82) is 0 Å². The maximum Gasteiger partial charge on any atom is -0.0181 e. The van der Waals surface area contributed by atoms with Crippen molar-refractivity contribution in [3.8, 4) is 0 Å². The maximum absolute atomic E-state index is 3.18. The van der Waals surface area contributed by atoms with Crippen LogP contribution in [0.5, 0.6) is 0 Å². The molecular weight excluding hydrogens is 168 g/mol. The van der Waals surface area contributed by atoms with Crippen LogP contribution in [-0.2, 0) is 12.8 Å². The average molecular weight is 189 g/mol. The predicted octanol–water partition coefficient (Wildman–Crippen LogP) is 4.03. The standard InChI is InChI=1S/C14H21/c1-4-5-8-13-9-6-7-10-14(13)11-12(2)3/h6,9-10,12H,4-5,8,11H2,1-3H3. The van der Waals surface area contributed by atoms with Gasteiger partial charge in [0.15, 0.2) is 0 Å². The van der Waals surface area contributed by atoms with Gasteiger partial charge in [0.05, 0.1) is 0 Å². The number of benzene rings is 1. The summed E-state index contributed by atoms with van der Waals surface area (Å²) in [6.45, 7) is 6.80. The van der Waals surface area contributed by atoms with Gasteiger partial charge in [0.1, 0.15) is 0 Å². The Morgan fingerprint density at radius 2 is 2.07 bits per heavy atom. The molecule has 0 aliphatic carbocycles. The molecule has 0 heteroatoms. The highest BCUT2D eigenvalue weighted by Crippen LogP contribution is 2.15. The van der Waals surface area contributed by atoms with Crippen LogP contribution < -0.4 is 0 Å². The summed E-state index contributed by atoms with van der Waals surface area (Å²) in [6.07, 6.45) is 5.00. The first kappa shape index (κ1) is 11.3. The van der Waals surface area contributed by atoms with E-state index in [1.807, 2.05) is 6.07 Å². The lowest BCUT2D eigenvalue weighted by Crippen LogP contribution is -1.99. The van der Waals surface area contributed by atoms with Crippen LogP contribution >= 0.6 is 0 Å². The molecule has 0 fully saturated rings. The minimum atomic E-state index is 0.742. The van der Waals surface area contributed by atoms with Gasteiger partial charge in [-0.15, -0.1) is 0 Å². The molecule has 0 unspecified atom stereocenters. The van der Waals surface area contributed by atoms with Gasteiger partial charge in [-0.25, -0.2) is 0 Å². The van der Waals surface area contributed by atoms with Crippen LogP contribution in [0.4, 0.5) is 0 Å². The Labute approximate surface area is 88.4 Å². The first-order chi connectivity index (χ1) is 6.74. The maximum atomic E-state index is 3.18. The number of unbranched alkanes of at least 4 members (excludes halogenated alkanes) is 1. The van der Waals surface area contributed by atoms with Crippen LogP contribution in [-0.4, -0.2) is 0 Å². The van der Waals surface area contributed by atoms with Crippen molar-refractivity contribution < 1.29 is 0 Å². The molecule has 0 saturated carbocycles. The van der Waals surface area contributed by atoms with E-state index in [1.54, 1.807) is 0 Å². The van der Waals surface area contributed by atoms with Gasteiger partial charge in [0.2, 0.25) is 0 Å². The van der Waals surface area contributed by atoms with Crippen molar-refractivity contribution in [3.05, 3.63) is 35.4 Å². The fourth-order valence-electron chi connectivity index (χ4n) is 1.74. The van der Waals surface area contributed by atoms with Gasteiger partial charge in [-0.3, -0.25) is 0 Å². The molecule has 0 aromatic heterocycles. The molecule has 0 heterocycles. The number of rotatable bonds is 5. The average Bonchev–Trinajstić information content (AvgIpc) is 2.16. The SMILES string of the molecule is CCCCc1cc[c]cc1CC(C)C. The zero-order chi connectivity index (χ0) is 10.4. The number of hydrogen-bond donors (Lipinski definition) is 0. The molecule has 0 saturated heterocycles. The molecule has 0 aliphatic heterocycles. The lowest BCUT2D eigenvalue weighted by molar-refractivity contribution is 0.640. The van der Waals surface area contributed by atoms with Crippen molar-refractivity contribution in [3.63, 3.8) is 0 Å². The monoisotopic (exact) mass is 189 g/mol. The van der Waals surface area contributed by atoms with Gasteiger partial charge < -0.3 is 0 Å². The van der Waals surface area contributed by atoms with E-state index in [4.69, 9.17) is 0 Å². The summed E-state index contributed by atoms with van der Waals surface area (Å²) in [5, 5.41) is 0. The molecule has 0 amide bonds. The minimum Gasteiger partial charge on any atom is -0.0654 e. The van der Waals surface area contributed by atoms with E-state index < -0.39 is 0 Å². The molecule has 77 valence electrons. The van der Waals surface area contributed by atoms with Crippen LogP contribution in [0.2, 0.25) is 0 Å². The van der Waals surface area contributed by atoms with E-state index in [9.17, 15) is 0 Å². The Balaban J connectivity index is 2.69. The number of hydrogen-bond acceptors (Lipinski definition) is 0. The van der Waals surface area contributed by atoms with Gasteiger partial charge in [0.25, 0.3) is 0 Å². The summed E-state index contributed by atoms with van der Waals surface area (Å²) >= 11 is 0. The number of aryl methyl sites for hydroxylation is 1. The van der Waals surface area contributed by atoms with Crippen LogP contribution in [0, 0.1) is 12.0 Å². The Kier molecular flexibility index (Phi) is 4.72. The molecule has 0 bridgehead atoms. The second kappa shape index (κ2) is 5.85. The quantitative estimate of drug-likeness (QED) is 0.656. The van der Waals surface area contributed by atoms with E-state index in [0.29, 0.717) is 0 Å². The highest BCUT2D eigenvalue weighted by molar-refractivity contribution is 5.26. The Bertz CT molecular complexity index is 260. The van der Waals surface area contributed by atoms with Gasteiger partial charge >= 0.3 is 0 Å². The zero-order valence-electron chi connectivity index (χ0n) is 9.64. The predicted molar refractivity (Wildman–Crippen MR) is 62.4 cm³/mol. The Hall–Kier alpha value is -0.780. The van der Waals surface area contributed by atoms with Crippen molar-refractivity contribution in [2.24, 2.45) is 5.92 Å². The molecule has 1 aromatic carbocycles. The molecule has 14 heavy (non-hydrogen) atoms. The fraction of sp³-hybridized carbons (Fsp3) is 0.571. The Morgan fingerprint density at radius 3 is 2.71 bits per heavy atom.